The second-order valence-electron chi connectivity index (χ2n) is 3.58. The SMILES string of the molecule is COC1=NC2C=CC1/C(OC)=C\C=C/2.[O-][Cl+3]([O-])([O-])O. The van der Waals surface area contributed by atoms with E-state index in [1.54, 1.807) is 14.2 Å². The van der Waals surface area contributed by atoms with E-state index in [4.69, 9.17) is 28.1 Å². The zero-order chi connectivity index (χ0) is 14.5. The molecule has 0 aromatic rings. The zero-order valence-corrected chi connectivity index (χ0v) is 11.1. The van der Waals surface area contributed by atoms with Gasteiger partial charge in [0, 0.05) is 0 Å². The molecule has 0 saturated carbocycles. The van der Waals surface area contributed by atoms with Crippen LogP contribution in [0.5, 0.6) is 0 Å². The van der Waals surface area contributed by atoms with Crippen molar-refractivity contribution in [3.63, 3.8) is 0 Å². The molecule has 19 heavy (non-hydrogen) atoms. The van der Waals surface area contributed by atoms with Gasteiger partial charge in [0.15, 0.2) is 5.90 Å². The number of fused-ring (bicyclic) bond motifs is 1. The Hall–Kier alpha value is -1.38. The van der Waals surface area contributed by atoms with Gasteiger partial charge < -0.3 is 9.47 Å². The van der Waals surface area contributed by atoms with Crippen molar-refractivity contribution in [1.29, 1.82) is 0 Å². The zero-order valence-electron chi connectivity index (χ0n) is 10.4. The summed E-state index contributed by atoms with van der Waals surface area (Å²) in [5.74, 6) is 1.61. The van der Waals surface area contributed by atoms with Crippen molar-refractivity contribution >= 4 is 5.90 Å². The highest BCUT2D eigenvalue weighted by Gasteiger charge is 2.25. The van der Waals surface area contributed by atoms with Crippen molar-refractivity contribution < 1.29 is 38.4 Å². The molecule has 0 aromatic carbocycles. The smallest absolute Gasteiger partial charge is 0.198 e. The summed E-state index contributed by atoms with van der Waals surface area (Å²) >= 11 is 0. The van der Waals surface area contributed by atoms with Gasteiger partial charge in [0.2, 0.25) is 0 Å². The third-order valence-corrected chi connectivity index (χ3v) is 2.36. The highest BCUT2D eigenvalue weighted by atomic mass is 35.7. The first-order valence-electron chi connectivity index (χ1n) is 5.20. The van der Waals surface area contributed by atoms with Crippen molar-refractivity contribution in [3.8, 4) is 0 Å². The number of rotatable bonds is 1. The first-order chi connectivity index (χ1) is 8.85. The number of allylic oxidation sites excluding steroid dienone is 2. The largest absolute Gasteiger partial charge is 0.500 e. The van der Waals surface area contributed by atoms with Gasteiger partial charge in [0.05, 0.1) is 35.2 Å². The summed E-state index contributed by atoms with van der Waals surface area (Å²) < 4.78 is 43.2. The van der Waals surface area contributed by atoms with E-state index in [0.717, 1.165) is 11.7 Å². The van der Waals surface area contributed by atoms with Crippen LogP contribution in [-0.2, 0) is 9.47 Å². The van der Waals surface area contributed by atoms with Crippen LogP contribution in [0.25, 0.3) is 0 Å². The molecule has 0 amide bonds. The molecule has 1 aliphatic carbocycles. The van der Waals surface area contributed by atoms with Gasteiger partial charge in [-0.05, 0) is 6.08 Å². The van der Waals surface area contributed by atoms with Gasteiger partial charge >= 0.3 is 0 Å². The van der Waals surface area contributed by atoms with Crippen LogP contribution in [0.15, 0.2) is 41.1 Å². The summed E-state index contributed by atoms with van der Waals surface area (Å²) in [6.45, 7) is 0. The molecule has 2 atom stereocenters. The van der Waals surface area contributed by atoms with Gasteiger partial charge in [-0.25, -0.2) is 4.99 Å². The molecule has 0 spiro atoms. The van der Waals surface area contributed by atoms with Crippen molar-refractivity contribution in [1.82, 2.24) is 0 Å². The average molecular weight is 292 g/mol. The normalized spacial score (nSPS) is 28.9. The molecule has 7 nitrogen and oxygen atoms in total. The third kappa shape index (κ3) is 5.41. The van der Waals surface area contributed by atoms with Crippen LogP contribution in [-0.4, -0.2) is 30.8 Å². The lowest BCUT2D eigenvalue weighted by molar-refractivity contribution is -1.92. The Balaban J connectivity index is 0.000000312. The minimum Gasteiger partial charge on any atom is -0.500 e. The highest BCUT2D eigenvalue weighted by Crippen LogP contribution is 2.24. The van der Waals surface area contributed by atoms with Gasteiger partial charge in [-0.1, -0.05) is 24.3 Å². The lowest BCUT2D eigenvalue weighted by Crippen LogP contribution is -2.58. The van der Waals surface area contributed by atoms with Crippen LogP contribution >= 0.6 is 0 Å². The van der Waals surface area contributed by atoms with E-state index in [0.29, 0.717) is 0 Å². The van der Waals surface area contributed by atoms with Crippen molar-refractivity contribution in [2.75, 3.05) is 14.2 Å². The fourth-order valence-corrected chi connectivity index (χ4v) is 1.64. The Morgan fingerprint density at radius 3 is 2.32 bits per heavy atom. The fourth-order valence-electron chi connectivity index (χ4n) is 1.64. The van der Waals surface area contributed by atoms with Crippen LogP contribution in [0.4, 0.5) is 0 Å². The number of methoxy groups -OCH3 is 2. The number of aliphatic imine (C=N–C) groups is 1. The Bertz CT molecular complexity index is 417. The van der Waals surface area contributed by atoms with E-state index in [2.05, 4.69) is 17.1 Å². The molecule has 106 valence electrons. The number of hydrogen-bond donors (Lipinski definition) is 1. The van der Waals surface area contributed by atoms with Gasteiger partial charge in [-0.3, -0.25) is 0 Å². The maximum absolute atomic E-state index is 8.60. The number of halogens is 1. The summed E-state index contributed by atoms with van der Waals surface area (Å²) in [5, 5.41) is 0. The molecular weight excluding hydrogens is 278 g/mol. The standard InChI is InChI=1S/C11H13NO2.ClHO4/c1-13-10-5-3-4-8-6-7-9(10)11(12-8)14-2;2-1(3,4)5/h3-9H,1-2H3;(H,2,3,4,5)/b4-3-,10-5+;. The predicted molar refractivity (Wildman–Crippen MR) is 57.3 cm³/mol. The van der Waals surface area contributed by atoms with Crippen LogP contribution in [0.1, 0.15) is 0 Å². The van der Waals surface area contributed by atoms with Crippen molar-refractivity contribution in [2.45, 2.75) is 6.04 Å². The minimum absolute atomic E-state index is 0.0335. The maximum atomic E-state index is 8.60. The Morgan fingerprint density at radius 2 is 1.79 bits per heavy atom. The number of dihydropyridines is 1. The molecule has 3 aliphatic rings. The van der Waals surface area contributed by atoms with Gasteiger partial charge in [-0.15, -0.1) is 0 Å². The van der Waals surface area contributed by atoms with Crippen LogP contribution < -0.4 is 14.0 Å². The quantitative estimate of drug-likeness (QED) is 0.536. The summed E-state index contributed by atoms with van der Waals surface area (Å²) in [6, 6.07) is 0.107. The lowest BCUT2D eigenvalue weighted by Gasteiger charge is -2.23. The van der Waals surface area contributed by atoms with Crippen LogP contribution in [0.3, 0.4) is 0 Å². The summed E-state index contributed by atoms with van der Waals surface area (Å²) in [6.07, 6.45) is 10.0. The molecule has 0 radical (unpaired) electrons. The molecule has 8 heteroatoms. The average Bonchev–Trinajstić information content (AvgIpc) is 2.27. The van der Waals surface area contributed by atoms with Gasteiger partial charge in [-0.2, -0.15) is 14.0 Å². The van der Waals surface area contributed by atoms with E-state index in [-0.39, 0.29) is 12.0 Å². The molecular formula is C11H14ClNO6. The molecule has 3 rings (SSSR count). The first-order valence-corrected chi connectivity index (χ1v) is 6.47. The lowest BCUT2D eigenvalue weighted by atomic mass is 9.99. The topological polar surface area (TPSA) is 120 Å². The van der Waals surface area contributed by atoms with Crippen LogP contribution in [0.2, 0.25) is 0 Å². The number of nitrogens with zero attached hydrogens (tertiary/aromatic N) is 1. The third-order valence-electron chi connectivity index (χ3n) is 2.36. The summed E-state index contributed by atoms with van der Waals surface area (Å²) in [7, 11) is -1.39. The Labute approximate surface area is 112 Å². The van der Waals surface area contributed by atoms with Crippen LogP contribution in [0, 0.1) is 16.2 Å². The monoisotopic (exact) mass is 291 g/mol. The van der Waals surface area contributed by atoms with E-state index < -0.39 is 10.2 Å². The molecule has 2 bridgehead atoms. The molecule has 2 heterocycles. The fraction of sp³-hybridized carbons (Fsp3) is 0.364. The van der Waals surface area contributed by atoms with Gasteiger partial charge in [0.25, 0.3) is 0 Å². The predicted octanol–water partition coefficient (Wildman–Crippen LogP) is -2.44. The maximum Gasteiger partial charge on any atom is 0.198 e. The molecule has 0 saturated heterocycles. The van der Waals surface area contributed by atoms with E-state index in [1.165, 1.54) is 0 Å². The minimum atomic E-state index is -4.69. The Kier molecular flexibility index (Phi) is 5.52. The summed E-state index contributed by atoms with van der Waals surface area (Å²) in [4.78, 5) is 4.42. The molecule has 2 unspecified atom stereocenters. The second kappa shape index (κ2) is 6.69. The van der Waals surface area contributed by atoms with E-state index >= 15 is 0 Å². The first kappa shape index (κ1) is 15.7. The molecule has 0 fully saturated rings. The summed E-state index contributed by atoms with van der Waals surface area (Å²) in [5.41, 5.74) is 0. The second-order valence-corrected chi connectivity index (χ2v) is 4.37. The Morgan fingerprint density at radius 1 is 1.16 bits per heavy atom. The van der Waals surface area contributed by atoms with E-state index in [9.17, 15) is 0 Å². The highest BCUT2D eigenvalue weighted by molar-refractivity contribution is 5.84. The van der Waals surface area contributed by atoms with Gasteiger partial charge in [0.1, 0.15) is 11.7 Å². The van der Waals surface area contributed by atoms with E-state index in [1.807, 2.05) is 18.2 Å². The number of hydrogen-bond acceptors (Lipinski definition) is 7. The van der Waals surface area contributed by atoms with Crippen molar-refractivity contribution in [3.05, 3.63) is 36.1 Å². The molecule has 2 aliphatic heterocycles. The molecule has 1 N–H and O–H groups in total. The molecule has 0 aromatic heterocycles. The van der Waals surface area contributed by atoms with Crippen molar-refractivity contribution in [2.24, 2.45) is 10.9 Å². The number of ether oxygens (including phenoxy) is 2.